The molecule has 0 unspecified atom stereocenters. The van der Waals surface area contributed by atoms with Crippen LogP contribution in [-0.2, 0) is 22.5 Å². The lowest BCUT2D eigenvalue weighted by molar-refractivity contribution is -0.113. The third-order valence-electron chi connectivity index (χ3n) is 4.51. The van der Waals surface area contributed by atoms with E-state index in [1.54, 1.807) is 7.11 Å². The van der Waals surface area contributed by atoms with Crippen molar-refractivity contribution in [1.82, 2.24) is 14.8 Å². The molecule has 30 heavy (non-hydrogen) atoms. The molecule has 0 atom stereocenters. The Labute approximate surface area is 186 Å². The fourth-order valence-corrected chi connectivity index (χ4v) is 3.99. The van der Waals surface area contributed by atoms with Crippen molar-refractivity contribution in [3.05, 3.63) is 59.1 Å². The van der Waals surface area contributed by atoms with Crippen molar-refractivity contribution in [2.75, 3.05) is 24.8 Å². The topological polar surface area (TPSA) is 69.0 Å². The molecule has 8 heteroatoms. The van der Waals surface area contributed by atoms with Crippen LogP contribution in [0.2, 0.25) is 5.02 Å². The van der Waals surface area contributed by atoms with E-state index in [0.29, 0.717) is 29.2 Å². The van der Waals surface area contributed by atoms with Gasteiger partial charge in [0.05, 0.1) is 10.8 Å². The summed E-state index contributed by atoms with van der Waals surface area (Å²) in [5, 5.41) is 12.9. The summed E-state index contributed by atoms with van der Waals surface area (Å²) in [6.45, 7) is 3.38. The number of halogens is 1. The Hall–Kier alpha value is -2.35. The highest BCUT2D eigenvalue weighted by atomic mass is 35.5. The molecule has 2 aromatic carbocycles. The molecule has 0 bridgehead atoms. The van der Waals surface area contributed by atoms with Crippen LogP contribution < -0.4 is 5.32 Å². The van der Waals surface area contributed by atoms with Crippen LogP contribution >= 0.6 is 23.4 Å². The maximum absolute atomic E-state index is 12.5. The molecule has 0 fully saturated rings. The molecule has 1 aromatic heterocycles. The van der Waals surface area contributed by atoms with Gasteiger partial charge in [-0.05, 0) is 42.7 Å². The number of rotatable bonds is 10. The number of carbonyl (C=O) groups excluding carboxylic acids is 1. The SMILES string of the molecule is CCc1cccc(NC(=O)CSc2nnc(-c3ccccc3Cl)n2CCCOC)c1. The number of methoxy groups -OCH3 is 1. The highest BCUT2D eigenvalue weighted by molar-refractivity contribution is 7.99. The molecule has 0 saturated heterocycles. The number of hydrogen-bond donors (Lipinski definition) is 1. The van der Waals surface area contributed by atoms with Crippen LogP contribution in [0, 0.1) is 0 Å². The van der Waals surface area contributed by atoms with Gasteiger partial charge in [0.2, 0.25) is 5.91 Å². The minimum atomic E-state index is -0.0843. The zero-order chi connectivity index (χ0) is 21.3. The van der Waals surface area contributed by atoms with E-state index >= 15 is 0 Å². The number of thioether (sulfide) groups is 1. The van der Waals surface area contributed by atoms with Crippen molar-refractivity contribution in [2.45, 2.75) is 31.5 Å². The summed E-state index contributed by atoms with van der Waals surface area (Å²) in [6, 6.07) is 15.4. The molecule has 6 nitrogen and oxygen atoms in total. The number of ether oxygens (including phenoxy) is 1. The van der Waals surface area contributed by atoms with Gasteiger partial charge in [0, 0.05) is 31.5 Å². The second-order valence-corrected chi connectivity index (χ2v) is 8.02. The van der Waals surface area contributed by atoms with Crippen molar-refractivity contribution in [2.24, 2.45) is 0 Å². The van der Waals surface area contributed by atoms with E-state index < -0.39 is 0 Å². The molecule has 0 spiro atoms. The van der Waals surface area contributed by atoms with Crippen LogP contribution in [0.4, 0.5) is 5.69 Å². The van der Waals surface area contributed by atoms with Gasteiger partial charge < -0.3 is 14.6 Å². The first kappa shape index (κ1) is 22.3. The number of aromatic nitrogens is 3. The lowest BCUT2D eigenvalue weighted by Gasteiger charge is -2.11. The predicted octanol–water partition coefficient (Wildman–Crippen LogP) is 4.93. The molecule has 0 aliphatic rings. The van der Waals surface area contributed by atoms with Gasteiger partial charge in [-0.25, -0.2) is 0 Å². The summed E-state index contributed by atoms with van der Waals surface area (Å²) >= 11 is 7.72. The largest absolute Gasteiger partial charge is 0.385 e. The first-order valence-corrected chi connectivity index (χ1v) is 11.2. The second kappa shape index (κ2) is 11.2. The van der Waals surface area contributed by atoms with E-state index in [1.165, 1.54) is 17.3 Å². The molecule has 0 aliphatic heterocycles. The molecule has 0 saturated carbocycles. The molecule has 1 heterocycles. The van der Waals surface area contributed by atoms with Gasteiger partial charge in [0.25, 0.3) is 0 Å². The molecular formula is C22H25ClN4O2S. The lowest BCUT2D eigenvalue weighted by Crippen LogP contribution is -2.15. The van der Waals surface area contributed by atoms with Crippen molar-refractivity contribution in [3.8, 4) is 11.4 Å². The Balaban J connectivity index is 1.73. The predicted molar refractivity (Wildman–Crippen MR) is 122 cm³/mol. The van der Waals surface area contributed by atoms with Gasteiger partial charge >= 0.3 is 0 Å². The Morgan fingerprint density at radius 1 is 1.20 bits per heavy atom. The smallest absolute Gasteiger partial charge is 0.234 e. The van der Waals surface area contributed by atoms with E-state index in [-0.39, 0.29) is 11.7 Å². The average molecular weight is 445 g/mol. The van der Waals surface area contributed by atoms with Crippen LogP contribution in [-0.4, -0.2) is 40.1 Å². The van der Waals surface area contributed by atoms with Crippen molar-refractivity contribution in [3.63, 3.8) is 0 Å². The van der Waals surface area contributed by atoms with Gasteiger partial charge in [0.1, 0.15) is 0 Å². The molecule has 0 aliphatic carbocycles. The van der Waals surface area contributed by atoms with E-state index in [9.17, 15) is 4.79 Å². The number of nitrogens with one attached hydrogen (secondary N) is 1. The van der Waals surface area contributed by atoms with Crippen LogP contribution in [0.3, 0.4) is 0 Å². The number of hydrogen-bond acceptors (Lipinski definition) is 5. The molecule has 0 radical (unpaired) electrons. The van der Waals surface area contributed by atoms with Crippen LogP contribution in [0.25, 0.3) is 11.4 Å². The number of carbonyl (C=O) groups is 1. The number of amides is 1. The average Bonchev–Trinajstić information content (AvgIpc) is 3.15. The van der Waals surface area contributed by atoms with E-state index in [0.717, 1.165) is 24.1 Å². The minimum Gasteiger partial charge on any atom is -0.385 e. The Bertz CT molecular complexity index is 993. The quantitative estimate of drug-likeness (QED) is 0.354. The molecule has 158 valence electrons. The van der Waals surface area contributed by atoms with Crippen LogP contribution in [0.15, 0.2) is 53.7 Å². The lowest BCUT2D eigenvalue weighted by atomic mass is 10.1. The summed E-state index contributed by atoms with van der Waals surface area (Å²) in [4.78, 5) is 12.5. The number of anilines is 1. The van der Waals surface area contributed by atoms with Crippen LogP contribution in [0.5, 0.6) is 0 Å². The van der Waals surface area contributed by atoms with Gasteiger partial charge in [-0.1, -0.05) is 54.6 Å². The van der Waals surface area contributed by atoms with Gasteiger partial charge in [0.15, 0.2) is 11.0 Å². The maximum atomic E-state index is 12.5. The third-order valence-corrected chi connectivity index (χ3v) is 5.81. The first-order chi connectivity index (χ1) is 14.6. The maximum Gasteiger partial charge on any atom is 0.234 e. The van der Waals surface area contributed by atoms with E-state index in [4.69, 9.17) is 16.3 Å². The molecule has 3 aromatic rings. The fraction of sp³-hybridized carbons (Fsp3) is 0.318. The fourth-order valence-electron chi connectivity index (χ4n) is 3.00. The minimum absolute atomic E-state index is 0.0843. The number of benzene rings is 2. The van der Waals surface area contributed by atoms with Gasteiger partial charge in [-0.2, -0.15) is 0 Å². The Morgan fingerprint density at radius 2 is 2.03 bits per heavy atom. The molecule has 1 amide bonds. The highest BCUT2D eigenvalue weighted by Gasteiger charge is 2.17. The molecule has 1 N–H and O–H groups in total. The van der Waals surface area contributed by atoms with Crippen LogP contribution in [0.1, 0.15) is 18.9 Å². The van der Waals surface area contributed by atoms with Gasteiger partial charge in [-0.15, -0.1) is 10.2 Å². The summed E-state index contributed by atoms with van der Waals surface area (Å²) in [7, 11) is 1.68. The van der Waals surface area contributed by atoms with Crippen molar-refractivity contribution < 1.29 is 9.53 Å². The highest BCUT2D eigenvalue weighted by Crippen LogP contribution is 2.29. The van der Waals surface area contributed by atoms with E-state index in [2.05, 4.69) is 22.4 Å². The standard InChI is InChI=1S/C22H25ClN4O2S/c1-3-16-8-6-9-17(14-16)24-20(28)15-30-22-26-25-21(27(22)12-7-13-29-2)18-10-4-5-11-19(18)23/h4-6,8-11,14H,3,7,12-13,15H2,1-2H3,(H,24,28). The summed E-state index contributed by atoms with van der Waals surface area (Å²) in [6.07, 6.45) is 1.73. The van der Waals surface area contributed by atoms with Crippen molar-refractivity contribution in [1.29, 1.82) is 0 Å². The van der Waals surface area contributed by atoms with E-state index in [1.807, 2.05) is 53.1 Å². The van der Waals surface area contributed by atoms with Crippen molar-refractivity contribution >= 4 is 35.0 Å². The zero-order valence-corrected chi connectivity index (χ0v) is 18.7. The monoisotopic (exact) mass is 444 g/mol. The Kier molecular flexibility index (Phi) is 8.30. The molecular weight excluding hydrogens is 420 g/mol. The Morgan fingerprint density at radius 3 is 2.80 bits per heavy atom. The number of aryl methyl sites for hydroxylation is 1. The first-order valence-electron chi connectivity index (χ1n) is 9.81. The number of nitrogens with zero attached hydrogens (tertiary/aromatic N) is 3. The summed E-state index contributed by atoms with van der Waals surface area (Å²) in [5.74, 6) is 0.843. The zero-order valence-electron chi connectivity index (χ0n) is 17.1. The summed E-state index contributed by atoms with van der Waals surface area (Å²) < 4.78 is 7.18. The third kappa shape index (κ3) is 5.84. The summed E-state index contributed by atoms with van der Waals surface area (Å²) in [5.41, 5.74) is 2.80. The normalized spacial score (nSPS) is 10.9. The molecule has 3 rings (SSSR count). The second-order valence-electron chi connectivity index (χ2n) is 6.67. The van der Waals surface area contributed by atoms with Gasteiger partial charge in [-0.3, -0.25) is 4.79 Å².